The molecule has 2 aromatic carbocycles. The van der Waals surface area contributed by atoms with Crippen LogP contribution in [0.3, 0.4) is 0 Å². The second-order valence-corrected chi connectivity index (χ2v) is 10.8. The first kappa shape index (κ1) is 24.5. The van der Waals surface area contributed by atoms with Crippen molar-refractivity contribution in [1.82, 2.24) is 19.7 Å². The molecule has 0 aliphatic rings. The summed E-state index contributed by atoms with van der Waals surface area (Å²) >= 11 is 0. The van der Waals surface area contributed by atoms with Crippen molar-refractivity contribution < 1.29 is 17.4 Å². The van der Waals surface area contributed by atoms with Crippen LogP contribution in [0.25, 0.3) is 22.6 Å². The minimum Gasteiger partial charge on any atom is -0.445 e. The number of aromatic nitrogens is 4. The fourth-order valence-electron chi connectivity index (χ4n) is 4.24. The third-order valence-electron chi connectivity index (χ3n) is 6.24. The Labute approximate surface area is 215 Å². The van der Waals surface area contributed by atoms with E-state index >= 15 is 0 Å². The monoisotopic (exact) mass is 517 g/mol. The average Bonchev–Trinajstić information content (AvgIpc) is 3.64. The Morgan fingerprint density at radius 2 is 1.84 bits per heavy atom. The first-order valence-electron chi connectivity index (χ1n) is 11.8. The summed E-state index contributed by atoms with van der Waals surface area (Å²) in [5.74, 6) is 1.75. The Hall–Kier alpha value is -4.18. The van der Waals surface area contributed by atoms with Gasteiger partial charge in [-0.3, -0.25) is 0 Å². The Morgan fingerprint density at radius 3 is 2.54 bits per heavy atom. The summed E-state index contributed by atoms with van der Waals surface area (Å²) in [5.41, 5.74) is 4.27. The maximum absolute atomic E-state index is 13.5. The molecule has 0 bridgehead atoms. The van der Waals surface area contributed by atoms with Crippen LogP contribution in [0.15, 0.2) is 81.2 Å². The minimum absolute atomic E-state index is 0.103. The van der Waals surface area contributed by atoms with Gasteiger partial charge in [-0.1, -0.05) is 43.3 Å². The number of anilines is 1. The molecule has 0 radical (unpaired) electrons. The summed E-state index contributed by atoms with van der Waals surface area (Å²) in [7, 11) is -3.99. The standard InChI is InChI=1S/C27H27N5O4S/c1-17(2)25-28-11-13-32(25)16-21-15-20(27-29-12-14-35-27)9-10-22(21)23-7-5-6-8-24(23)37(33,34)31-26-18(3)19(4)30-36-26/h5-15,17,31H,16H2,1-4H3. The fourth-order valence-corrected chi connectivity index (χ4v) is 5.51. The second-order valence-electron chi connectivity index (χ2n) is 9.10. The average molecular weight is 518 g/mol. The zero-order valence-corrected chi connectivity index (χ0v) is 21.8. The fraction of sp³-hybridized carbons (Fsp3) is 0.222. The predicted octanol–water partition coefficient (Wildman–Crippen LogP) is 5.78. The van der Waals surface area contributed by atoms with E-state index in [9.17, 15) is 8.42 Å². The highest BCUT2D eigenvalue weighted by Crippen LogP contribution is 2.35. The lowest BCUT2D eigenvalue weighted by Crippen LogP contribution is -2.15. The van der Waals surface area contributed by atoms with Crippen molar-refractivity contribution in [2.45, 2.75) is 45.1 Å². The van der Waals surface area contributed by atoms with Crippen LogP contribution in [-0.2, 0) is 16.6 Å². The number of rotatable bonds is 8. The molecule has 1 N–H and O–H groups in total. The lowest BCUT2D eigenvalue weighted by molar-refractivity contribution is 0.430. The van der Waals surface area contributed by atoms with Gasteiger partial charge in [0.05, 0.1) is 16.8 Å². The van der Waals surface area contributed by atoms with Crippen LogP contribution in [0.2, 0.25) is 0 Å². The molecular formula is C27H27N5O4S. The third kappa shape index (κ3) is 4.79. The molecule has 5 aromatic rings. The molecular weight excluding hydrogens is 490 g/mol. The van der Waals surface area contributed by atoms with E-state index in [-0.39, 0.29) is 16.7 Å². The molecule has 0 amide bonds. The highest BCUT2D eigenvalue weighted by molar-refractivity contribution is 7.92. The number of nitrogens with one attached hydrogen (secondary N) is 1. The maximum Gasteiger partial charge on any atom is 0.264 e. The van der Waals surface area contributed by atoms with Crippen molar-refractivity contribution >= 4 is 15.9 Å². The van der Waals surface area contributed by atoms with E-state index in [0.29, 0.717) is 29.3 Å². The molecule has 190 valence electrons. The number of nitrogens with zero attached hydrogens (tertiary/aromatic N) is 4. The summed E-state index contributed by atoms with van der Waals surface area (Å²) < 4.78 is 42.5. The van der Waals surface area contributed by atoms with Crippen molar-refractivity contribution in [3.63, 3.8) is 0 Å². The summed E-state index contributed by atoms with van der Waals surface area (Å²) in [6, 6.07) is 12.7. The molecule has 5 rings (SSSR count). The van der Waals surface area contributed by atoms with Gasteiger partial charge in [0.1, 0.15) is 12.1 Å². The van der Waals surface area contributed by atoms with Crippen LogP contribution in [0, 0.1) is 13.8 Å². The van der Waals surface area contributed by atoms with Crippen LogP contribution in [0.1, 0.15) is 42.4 Å². The van der Waals surface area contributed by atoms with Crippen molar-refractivity contribution in [2.75, 3.05) is 4.72 Å². The van der Waals surface area contributed by atoms with Crippen molar-refractivity contribution in [2.24, 2.45) is 0 Å². The molecule has 0 aliphatic carbocycles. The molecule has 0 fully saturated rings. The van der Waals surface area contributed by atoms with E-state index in [1.54, 1.807) is 44.4 Å². The van der Waals surface area contributed by atoms with Gasteiger partial charge < -0.3 is 13.5 Å². The number of imidazole rings is 1. The van der Waals surface area contributed by atoms with E-state index in [2.05, 4.69) is 38.3 Å². The molecule has 0 spiro atoms. The number of hydrogen-bond donors (Lipinski definition) is 1. The van der Waals surface area contributed by atoms with Gasteiger partial charge >= 0.3 is 0 Å². The van der Waals surface area contributed by atoms with Gasteiger partial charge in [0.25, 0.3) is 10.0 Å². The van der Waals surface area contributed by atoms with Gasteiger partial charge in [-0.25, -0.2) is 23.1 Å². The Kier molecular flexibility index (Phi) is 6.43. The van der Waals surface area contributed by atoms with Crippen LogP contribution in [-0.4, -0.2) is 28.1 Å². The molecule has 10 heteroatoms. The minimum atomic E-state index is -3.99. The van der Waals surface area contributed by atoms with Crippen LogP contribution < -0.4 is 4.72 Å². The summed E-state index contributed by atoms with van der Waals surface area (Å²) in [6.07, 6.45) is 6.82. The number of aryl methyl sites for hydroxylation is 1. The highest BCUT2D eigenvalue weighted by atomic mass is 32.2. The molecule has 9 nitrogen and oxygen atoms in total. The first-order chi connectivity index (χ1) is 17.7. The lowest BCUT2D eigenvalue weighted by atomic mass is 9.97. The zero-order chi connectivity index (χ0) is 26.2. The number of benzene rings is 2. The third-order valence-corrected chi connectivity index (χ3v) is 7.63. The summed E-state index contributed by atoms with van der Waals surface area (Å²) in [4.78, 5) is 8.92. The van der Waals surface area contributed by atoms with Gasteiger partial charge in [-0.05, 0) is 43.2 Å². The van der Waals surface area contributed by atoms with Crippen LogP contribution >= 0.6 is 0 Å². The van der Waals surface area contributed by atoms with Crippen molar-refractivity contribution in [3.8, 4) is 22.6 Å². The SMILES string of the molecule is Cc1noc(NS(=O)(=O)c2ccccc2-c2ccc(-c3ncco3)cc2Cn2ccnc2C(C)C)c1C. The topological polar surface area (TPSA) is 116 Å². The molecule has 37 heavy (non-hydrogen) atoms. The van der Waals surface area contributed by atoms with Crippen molar-refractivity contribution in [3.05, 3.63) is 90.0 Å². The maximum atomic E-state index is 13.5. The Balaban J connectivity index is 1.63. The van der Waals surface area contributed by atoms with Gasteiger partial charge in [0.2, 0.25) is 11.8 Å². The van der Waals surface area contributed by atoms with E-state index in [0.717, 1.165) is 22.5 Å². The van der Waals surface area contributed by atoms with Gasteiger partial charge in [-0.15, -0.1) is 0 Å². The Bertz CT molecular complexity index is 1650. The molecule has 0 unspecified atom stereocenters. The Morgan fingerprint density at radius 1 is 1.03 bits per heavy atom. The van der Waals surface area contributed by atoms with E-state index in [1.807, 2.05) is 30.5 Å². The van der Waals surface area contributed by atoms with Gasteiger partial charge in [0.15, 0.2) is 0 Å². The molecule has 0 atom stereocenters. The predicted molar refractivity (Wildman–Crippen MR) is 140 cm³/mol. The van der Waals surface area contributed by atoms with E-state index in [1.165, 1.54) is 6.26 Å². The lowest BCUT2D eigenvalue weighted by Gasteiger charge is -2.17. The normalized spacial score (nSPS) is 11.8. The first-order valence-corrected chi connectivity index (χ1v) is 13.3. The molecule has 0 aliphatic heterocycles. The van der Waals surface area contributed by atoms with Crippen LogP contribution in [0.5, 0.6) is 0 Å². The highest BCUT2D eigenvalue weighted by Gasteiger charge is 2.24. The number of hydrogen-bond acceptors (Lipinski definition) is 7. The smallest absolute Gasteiger partial charge is 0.264 e. The van der Waals surface area contributed by atoms with Crippen molar-refractivity contribution in [1.29, 1.82) is 0 Å². The molecule has 0 saturated heterocycles. The van der Waals surface area contributed by atoms with Gasteiger partial charge in [0, 0.05) is 41.5 Å². The zero-order valence-electron chi connectivity index (χ0n) is 21.0. The second kappa shape index (κ2) is 9.70. The van der Waals surface area contributed by atoms with E-state index < -0.39 is 10.0 Å². The largest absolute Gasteiger partial charge is 0.445 e. The summed E-state index contributed by atoms with van der Waals surface area (Å²) in [5, 5.41) is 3.86. The number of oxazole rings is 1. The number of sulfonamides is 1. The summed E-state index contributed by atoms with van der Waals surface area (Å²) in [6.45, 7) is 8.17. The quantitative estimate of drug-likeness (QED) is 0.277. The van der Waals surface area contributed by atoms with E-state index in [4.69, 9.17) is 8.94 Å². The van der Waals surface area contributed by atoms with Gasteiger partial charge in [-0.2, -0.15) is 0 Å². The molecule has 3 aromatic heterocycles. The molecule has 3 heterocycles. The molecule has 0 saturated carbocycles. The van der Waals surface area contributed by atoms with Crippen LogP contribution in [0.4, 0.5) is 5.88 Å².